The van der Waals surface area contributed by atoms with E-state index in [0.29, 0.717) is 13.0 Å². The number of benzene rings is 1. The maximum atomic E-state index is 13.3. The first-order valence-corrected chi connectivity index (χ1v) is 9.67. The van der Waals surface area contributed by atoms with Crippen molar-refractivity contribution in [2.24, 2.45) is 0 Å². The van der Waals surface area contributed by atoms with E-state index in [1.807, 2.05) is 6.92 Å². The summed E-state index contributed by atoms with van der Waals surface area (Å²) in [4.78, 5) is 40.7. The van der Waals surface area contributed by atoms with Crippen LogP contribution in [0, 0.1) is 5.82 Å². The number of rotatable bonds is 10. The lowest BCUT2D eigenvalue weighted by atomic mass is 10.3. The Morgan fingerprint density at radius 3 is 2.73 bits per heavy atom. The Morgan fingerprint density at radius 2 is 2.10 bits per heavy atom. The summed E-state index contributed by atoms with van der Waals surface area (Å²) in [6, 6.07) is 3.66. The Labute approximate surface area is 177 Å². The number of hydrogen-bond acceptors (Lipinski definition) is 6. The van der Waals surface area contributed by atoms with Gasteiger partial charge in [-0.05, 0) is 18.6 Å². The van der Waals surface area contributed by atoms with E-state index in [2.05, 4.69) is 4.98 Å². The minimum atomic E-state index is -0.792. The Balaban J connectivity index is 2.34. The molecule has 3 N–H and O–H groups in total. The van der Waals surface area contributed by atoms with E-state index in [0.717, 1.165) is 17.4 Å². The summed E-state index contributed by atoms with van der Waals surface area (Å²) >= 11 is 5.71. The molecule has 0 unspecified atom stereocenters. The summed E-state index contributed by atoms with van der Waals surface area (Å²) in [5.74, 6) is -1.17. The summed E-state index contributed by atoms with van der Waals surface area (Å²) in [5.41, 5.74) is 4.49. The van der Waals surface area contributed by atoms with E-state index in [4.69, 9.17) is 26.8 Å². The van der Waals surface area contributed by atoms with Gasteiger partial charge < -0.3 is 15.2 Å². The van der Waals surface area contributed by atoms with Crippen molar-refractivity contribution in [1.29, 1.82) is 0 Å². The lowest BCUT2D eigenvalue weighted by Gasteiger charge is -2.24. The minimum Gasteiger partial charge on any atom is -0.484 e. The molecule has 2 rings (SSSR count). The van der Waals surface area contributed by atoms with Crippen LogP contribution in [-0.4, -0.2) is 42.3 Å². The molecule has 0 spiro atoms. The number of nitrogens with two attached hydrogens (primary N) is 1. The van der Waals surface area contributed by atoms with Crippen molar-refractivity contribution in [3.8, 4) is 5.75 Å². The number of ether oxygens (including phenoxy) is 2. The number of aromatic nitrogens is 2. The highest BCUT2D eigenvalue weighted by molar-refractivity contribution is 6.30. The second-order valence-corrected chi connectivity index (χ2v) is 6.81. The monoisotopic (exact) mass is 442 g/mol. The molecule has 0 saturated heterocycles. The van der Waals surface area contributed by atoms with E-state index >= 15 is 0 Å². The summed E-state index contributed by atoms with van der Waals surface area (Å²) in [7, 11) is 1.44. The van der Waals surface area contributed by atoms with Crippen molar-refractivity contribution in [2.45, 2.75) is 26.3 Å². The third-order valence-corrected chi connectivity index (χ3v) is 4.58. The number of carbonyl (C=O) groups excluding carboxylic acids is 1. The molecule has 0 fully saturated rings. The number of hydrogen-bond donors (Lipinski definition) is 2. The SMILES string of the molecule is CCCCn1c(N)c(N(CCOC)C(=O)COc2ccc(F)c(Cl)c2)c(=O)[nH]c1=O. The first-order chi connectivity index (χ1) is 14.3. The molecular weight excluding hydrogens is 419 g/mol. The molecule has 1 aromatic heterocycles. The molecule has 2 aromatic rings. The molecule has 164 valence electrons. The lowest BCUT2D eigenvalue weighted by Crippen LogP contribution is -2.44. The standard InChI is InChI=1S/C19H24ClFN4O5/c1-3-4-7-25-17(22)16(18(27)23-19(25)28)24(8-9-29-2)15(26)11-30-12-5-6-14(21)13(20)10-12/h5-6,10H,3-4,7-9,11,22H2,1-2H3,(H,23,27,28). The lowest BCUT2D eigenvalue weighted by molar-refractivity contribution is -0.120. The van der Waals surface area contributed by atoms with Gasteiger partial charge in [0.05, 0.1) is 11.6 Å². The Kier molecular flexibility index (Phi) is 8.43. The van der Waals surface area contributed by atoms with Crippen molar-refractivity contribution in [2.75, 3.05) is 37.5 Å². The van der Waals surface area contributed by atoms with Crippen molar-refractivity contribution < 1.29 is 18.7 Å². The van der Waals surface area contributed by atoms with Crippen molar-refractivity contribution >= 4 is 29.0 Å². The van der Waals surface area contributed by atoms with Crippen LogP contribution >= 0.6 is 11.6 Å². The summed E-state index contributed by atoms with van der Waals surface area (Å²) in [6.45, 7) is 1.88. The van der Waals surface area contributed by atoms with Gasteiger partial charge in [-0.25, -0.2) is 9.18 Å². The fourth-order valence-electron chi connectivity index (χ4n) is 2.71. The maximum absolute atomic E-state index is 13.3. The van der Waals surface area contributed by atoms with Crippen LogP contribution in [0.15, 0.2) is 27.8 Å². The Hall–Kier alpha value is -2.85. The van der Waals surface area contributed by atoms with E-state index in [-0.39, 0.29) is 35.4 Å². The van der Waals surface area contributed by atoms with Gasteiger partial charge in [0.1, 0.15) is 17.4 Å². The normalized spacial score (nSPS) is 10.8. The van der Waals surface area contributed by atoms with Crippen LogP contribution in [0.5, 0.6) is 5.75 Å². The predicted octanol–water partition coefficient (Wildman–Crippen LogP) is 1.77. The van der Waals surface area contributed by atoms with Crippen LogP contribution < -0.4 is 26.6 Å². The van der Waals surface area contributed by atoms with E-state index in [1.54, 1.807) is 0 Å². The largest absolute Gasteiger partial charge is 0.484 e. The second kappa shape index (κ2) is 10.8. The number of nitrogens with one attached hydrogen (secondary N) is 1. The van der Waals surface area contributed by atoms with E-state index in [9.17, 15) is 18.8 Å². The Morgan fingerprint density at radius 1 is 1.37 bits per heavy atom. The van der Waals surface area contributed by atoms with Gasteiger partial charge >= 0.3 is 5.69 Å². The van der Waals surface area contributed by atoms with Crippen molar-refractivity contribution in [3.63, 3.8) is 0 Å². The minimum absolute atomic E-state index is 0.00211. The first-order valence-electron chi connectivity index (χ1n) is 9.29. The number of unbranched alkanes of at least 4 members (excludes halogenated alkanes) is 1. The number of H-pyrrole nitrogens is 1. The number of nitrogen functional groups attached to an aromatic ring is 1. The fraction of sp³-hybridized carbons (Fsp3) is 0.421. The van der Waals surface area contributed by atoms with Crippen LogP contribution in [0.4, 0.5) is 15.9 Å². The molecule has 1 amide bonds. The van der Waals surface area contributed by atoms with Gasteiger partial charge in [0.15, 0.2) is 12.3 Å². The Bertz CT molecular complexity index is 1010. The first kappa shape index (κ1) is 23.4. The third-order valence-electron chi connectivity index (χ3n) is 4.29. The number of halogens is 2. The predicted molar refractivity (Wildman–Crippen MR) is 112 cm³/mol. The molecule has 0 atom stereocenters. The zero-order valence-corrected chi connectivity index (χ0v) is 17.5. The molecule has 9 nitrogen and oxygen atoms in total. The number of carbonyl (C=O) groups is 1. The summed E-state index contributed by atoms with van der Waals surface area (Å²) in [5, 5.41) is -0.153. The van der Waals surface area contributed by atoms with Gasteiger partial charge in [-0.15, -0.1) is 0 Å². The van der Waals surface area contributed by atoms with Crippen LogP contribution in [0.3, 0.4) is 0 Å². The van der Waals surface area contributed by atoms with Crippen molar-refractivity contribution in [1.82, 2.24) is 9.55 Å². The highest BCUT2D eigenvalue weighted by atomic mass is 35.5. The van der Waals surface area contributed by atoms with Gasteiger partial charge in [-0.3, -0.25) is 24.0 Å². The highest BCUT2D eigenvalue weighted by Gasteiger charge is 2.24. The maximum Gasteiger partial charge on any atom is 0.330 e. The number of nitrogens with zero attached hydrogens (tertiary/aromatic N) is 2. The molecule has 0 bridgehead atoms. The number of methoxy groups -OCH3 is 1. The number of amides is 1. The van der Waals surface area contributed by atoms with Gasteiger partial charge in [-0.1, -0.05) is 24.9 Å². The average molecular weight is 443 g/mol. The zero-order valence-electron chi connectivity index (χ0n) is 16.7. The molecule has 0 saturated carbocycles. The van der Waals surface area contributed by atoms with Crippen molar-refractivity contribution in [3.05, 3.63) is 49.9 Å². The fourth-order valence-corrected chi connectivity index (χ4v) is 2.88. The highest BCUT2D eigenvalue weighted by Crippen LogP contribution is 2.22. The van der Waals surface area contributed by atoms with Gasteiger partial charge in [0.2, 0.25) is 0 Å². The molecule has 0 aliphatic carbocycles. The quantitative estimate of drug-likeness (QED) is 0.578. The molecule has 30 heavy (non-hydrogen) atoms. The molecule has 0 aliphatic heterocycles. The molecule has 0 aliphatic rings. The van der Waals surface area contributed by atoms with E-state index in [1.165, 1.54) is 23.8 Å². The number of aromatic amines is 1. The molecule has 0 radical (unpaired) electrons. The van der Waals surface area contributed by atoms with Crippen LogP contribution in [0.1, 0.15) is 19.8 Å². The molecular formula is C19H24ClFN4O5. The second-order valence-electron chi connectivity index (χ2n) is 6.40. The van der Waals surface area contributed by atoms with Crippen LogP contribution in [-0.2, 0) is 16.1 Å². The number of anilines is 2. The summed E-state index contributed by atoms with van der Waals surface area (Å²) < 4.78 is 24.9. The van der Waals surface area contributed by atoms with Crippen LogP contribution in [0.2, 0.25) is 5.02 Å². The average Bonchev–Trinajstić information content (AvgIpc) is 2.70. The molecule has 1 aromatic carbocycles. The molecule has 11 heteroatoms. The van der Waals surface area contributed by atoms with Gasteiger partial charge in [-0.2, -0.15) is 0 Å². The topological polar surface area (TPSA) is 120 Å². The van der Waals surface area contributed by atoms with Gasteiger partial charge in [0, 0.05) is 26.3 Å². The smallest absolute Gasteiger partial charge is 0.330 e. The molecule has 1 heterocycles. The third kappa shape index (κ3) is 5.61. The zero-order chi connectivity index (χ0) is 22.3. The van der Waals surface area contributed by atoms with E-state index < -0.39 is 29.6 Å². The summed E-state index contributed by atoms with van der Waals surface area (Å²) in [6.07, 6.45) is 1.47. The van der Waals surface area contributed by atoms with Crippen LogP contribution in [0.25, 0.3) is 0 Å². The van der Waals surface area contributed by atoms with Gasteiger partial charge in [0.25, 0.3) is 11.5 Å².